The molecule has 2 atom stereocenters. The molecule has 0 spiro atoms. The van der Waals surface area contributed by atoms with Crippen LogP contribution >= 0.6 is 0 Å². The summed E-state index contributed by atoms with van der Waals surface area (Å²) in [6.07, 6.45) is 1.14. The second-order valence-corrected chi connectivity index (χ2v) is 5.47. The molecule has 1 heterocycles. The van der Waals surface area contributed by atoms with E-state index in [9.17, 15) is 4.79 Å². The average Bonchev–Trinajstić information content (AvgIpc) is 2.38. The molecule has 1 fully saturated rings. The molecule has 0 aromatic rings. The molecule has 102 valence electrons. The summed E-state index contributed by atoms with van der Waals surface area (Å²) in [6, 6.07) is 2.72. The monoisotopic (exact) mass is 251 g/mol. The third kappa shape index (κ3) is 3.46. The molecule has 18 heavy (non-hydrogen) atoms. The molecule has 1 amide bonds. The fraction of sp³-hybridized carbons (Fsp3) is 0.857. The second kappa shape index (κ2) is 6.75. The highest BCUT2D eigenvalue weighted by atomic mass is 16.2. The third-order valence-corrected chi connectivity index (χ3v) is 3.91. The maximum atomic E-state index is 12.2. The number of carbonyl (C=O) groups excluding carboxylic acids is 1. The van der Waals surface area contributed by atoms with E-state index in [0.29, 0.717) is 6.04 Å². The van der Waals surface area contributed by atoms with E-state index in [1.54, 1.807) is 0 Å². The Hall–Kier alpha value is -1.08. The lowest BCUT2D eigenvalue weighted by atomic mass is 9.95. The van der Waals surface area contributed by atoms with Gasteiger partial charge in [0.15, 0.2) is 0 Å². The number of rotatable bonds is 4. The minimum absolute atomic E-state index is 0.0105. The van der Waals surface area contributed by atoms with Gasteiger partial charge in [-0.1, -0.05) is 20.8 Å². The molecule has 0 bridgehead atoms. The van der Waals surface area contributed by atoms with E-state index in [1.807, 2.05) is 18.7 Å². The van der Waals surface area contributed by atoms with E-state index in [0.717, 1.165) is 32.6 Å². The second-order valence-electron chi connectivity index (χ2n) is 5.47. The molecule has 4 heteroatoms. The average molecular weight is 251 g/mol. The van der Waals surface area contributed by atoms with Crippen LogP contribution in [0.15, 0.2) is 0 Å². The van der Waals surface area contributed by atoms with E-state index in [1.165, 1.54) is 0 Å². The highest BCUT2D eigenvalue weighted by Gasteiger charge is 2.30. The first kappa shape index (κ1) is 15.0. The summed E-state index contributed by atoms with van der Waals surface area (Å²) in [5.41, 5.74) is 0. The number of amides is 1. The van der Waals surface area contributed by atoms with Crippen LogP contribution in [-0.2, 0) is 4.79 Å². The van der Waals surface area contributed by atoms with Crippen LogP contribution in [0.25, 0.3) is 0 Å². The predicted octanol–water partition coefficient (Wildman–Crippen LogP) is 1.72. The zero-order valence-corrected chi connectivity index (χ0v) is 12.0. The largest absolute Gasteiger partial charge is 0.339 e. The molecular formula is C14H25N3O. The van der Waals surface area contributed by atoms with Crippen molar-refractivity contribution in [3.8, 4) is 6.07 Å². The van der Waals surface area contributed by atoms with Crippen LogP contribution in [0.3, 0.4) is 0 Å². The van der Waals surface area contributed by atoms with Crippen molar-refractivity contribution in [2.24, 2.45) is 11.8 Å². The molecule has 0 radical (unpaired) electrons. The Morgan fingerprint density at radius 3 is 2.17 bits per heavy atom. The molecule has 2 unspecified atom stereocenters. The summed E-state index contributed by atoms with van der Waals surface area (Å²) in [4.78, 5) is 16.5. The molecule has 0 aliphatic carbocycles. The van der Waals surface area contributed by atoms with Crippen LogP contribution < -0.4 is 0 Å². The van der Waals surface area contributed by atoms with Gasteiger partial charge < -0.3 is 4.90 Å². The molecular weight excluding hydrogens is 226 g/mol. The summed E-state index contributed by atoms with van der Waals surface area (Å²) in [6.45, 7) is 11.6. The van der Waals surface area contributed by atoms with Gasteiger partial charge in [0.1, 0.15) is 5.92 Å². The van der Waals surface area contributed by atoms with Crippen molar-refractivity contribution in [3.05, 3.63) is 0 Å². The molecule has 0 N–H and O–H groups in total. The van der Waals surface area contributed by atoms with Gasteiger partial charge >= 0.3 is 0 Å². The van der Waals surface area contributed by atoms with E-state index >= 15 is 0 Å². The van der Waals surface area contributed by atoms with Crippen molar-refractivity contribution in [1.29, 1.82) is 5.26 Å². The van der Waals surface area contributed by atoms with Gasteiger partial charge in [0.05, 0.1) is 6.07 Å². The van der Waals surface area contributed by atoms with E-state index in [4.69, 9.17) is 5.26 Å². The minimum atomic E-state index is -0.486. The van der Waals surface area contributed by atoms with E-state index in [-0.39, 0.29) is 11.8 Å². The van der Waals surface area contributed by atoms with Gasteiger partial charge in [-0.05, 0) is 19.3 Å². The van der Waals surface area contributed by atoms with Crippen molar-refractivity contribution in [2.45, 2.75) is 40.2 Å². The van der Waals surface area contributed by atoms with Gasteiger partial charge in [-0.25, -0.2) is 0 Å². The van der Waals surface area contributed by atoms with Crippen molar-refractivity contribution >= 4 is 5.91 Å². The quantitative estimate of drug-likeness (QED) is 0.764. The molecule has 1 aliphatic rings. The number of nitrogens with zero attached hydrogens (tertiary/aromatic N) is 3. The molecule has 1 rings (SSSR count). The maximum absolute atomic E-state index is 12.2. The van der Waals surface area contributed by atoms with Crippen molar-refractivity contribution in [3.63, 3.8) is 0 Å². The fourth-order valence-electron chi connectivity index (χ4n) is 2.33. The molecule has 0 saturated carbocycles. The summed E-state index contributed by atoms with van der Waals surface area (Å²) in [5.74, 6) is -0.383. The van der Waals surface area contributed by atoms with Gasteiger partial charge in [-0.3, -0.25) is 9.69 Å². The normalized spacial score (nSPS) is 20.6. The SMILES string of the molecule is CCC(C)N1CCN(C(=O)C(C#N)C(C)C)CC1. The van der Waals surface area contributed by atoms with Gasteiger partial charge in [-0.15, -0.1) is 0 Å². The summed E-state index contributed by atoms with van der Waals surface area (Å²) in [7, 11) is 0. The Morgan fingerprint density at radius 2 is 1.78 bits per heavy atom. The fourth-order valence-corrected chi connectivity index (χ4v) is 2.33. The van der Waals surface area contributed by atoms with E-state index in [2.05, 4.69) is 24.8 Å². The van der Waals surface area contributed by atoms with Crippen LogP contribution in [0.4, 0.5) is 0 Å². The van der Waals surface area contributed by atoms with Crippen LogP contribution in [-0.4, -0.2) is 47.9 Å². The summed E-state index contributed by atoms with van der Waals surface area (Å²) >= 11 is 0. The molecule has 4 nitrogen and oxygen atoms in total. The standard InChI is InChI=1S/C14H25N3O/c1-5-12(4)16-6-8-17(9-7-16)14(18)13(10-15)11(2)3/h11-13H,5-9H2,1-4H3. The van der Waals surface area contributed by atoms with Crippen LogP contribution in [0.2, 0.25) is 0 Å². The zero-order chi connectivity index (χ0) is 13.7. The molecule has 1 saturated heterocycles. The maximum Gasteiger partial charge on any atom is 0.240 e. The Bertz CT molecular complexity index is 313. The first-order valence-electron chi connectivity index (χ1n) is 6.93. The number of carbonyl (C=O) groups is 1. The lowest BCUT2D eigenvalue weighted by molar-refractivity contribution is -0.137. The minimum Gasteiger partial charge on any atom is -0.339 e. The highest BCUT2D eigenvalue weighted by Crippen LogP contribution is 2.16. The van der Waals surface area contributed by atoms with Gasteiger partial charge in [0, 0.05) is 32.2 Å². The number of hydrogen-bond acceptors (Lipinski definition) is 3. The van der Waals surface area contributed by atoms with Crippen molar-refractivity contribution < 1.29 is 4.79 Å². The lowest BCUT2D eigenvalue weighted by Crippen LogP contribution is -2.52. The topological polar surface area (TPSA) is 47.3 Å². The number of hydrogen-bond donors (Lipinski definition) is 0. The van der Waals surface area contributed by atoms with Gasteiger partial charge in [0.2, 0.25) is 5.91 Å². The first-order valence-corrected chi connectivity index (χ1v) is 6.93. The van der Waals surface area contributed by atoms with Gasteiger partial charge in [-0.2, -0.15) is 5.26 Å². The van der Waals surface area contributed by atoms with Crippen LogP contribution in [0, 0.1) is 23.2 Å². The highest BCUT2D eigenvalue weighted by molar-refractivity contribution is 5.81. The number of piperazine rings is 1. The van der Waals surface area contributed by atoms with E-state index < -0.39 is 5.92 Å². The summed E-state index contributed by atoms with van der Waals surface area (Å²) < 4.78 is 0. The van der Waals surface area contributed by atoms with Gasteiger partial charge in [0.25, 0.3) is 0 Å². The smallest absolute Gasteiger partial charge is 0.240 e. The summed E-state index contributed by atoms with van der Waals surface area (Å²) in [5, 5.41) is 9.07. The Labute approximate surface area is 111 Å². The number of nitriles is 1. The van der Waals surface area contributed by atoms with Crippen molar-refractivity contribution in [2.75, 3.05) is 26.2 Å². The third-order valence-electron chi connectivity index (χ3n) is 3.91. The Balaban J connectivity index is 2.53. The predicted molar refractivity (Wildman–Crippen MR) is 71.8 cm³/mol. The van der Waals surface area contributed by atoms with Crippen LogP contribution in [0.1, 0.15) is 34.1 Å². The van der Waals surface area contributed by atoms with Crippen molar-refractivity contribution in [1.82, 2.24) is 9.80 Å². The van der Waals surface area contributed by atoms with Crippen LogP contribution in [0.5, 0.6) is 0 Å². The first-order chi connectivity index (χ1) is 8.51. The zero-order valence-electron chi connectivity index (χ0n) is 12.0. The lowest BCUT2D eigenvalue weighted by Gasteiger charge is -2.38. The Kier molecular flexibility index (Phi) is 5.61. The Morgan fingerprint density at radius 1 is 1.22 bits per heavy atom. The molecule has 1 aliphatic heterocycles. The molecule has 0 aromatic carbocycles. The molecule has 0 aromatic heterocycles.